The fourth-order valence-electron chi connectivity index (χ4n) is 1.56. The zero-order chi connectivity index (χ0) is 8.69. The lowest BCUT2D eigenvalue weighted by Gasteiger charge is -2.18. The van der Waals surface area contributed by atoms with Gasteiger partial charge in [0, 0.05) is 0 Å². The summed E-state index contributed by atoms with van der Waals surface area (Å²) in [6, 6.07) is 0. The second-order valence-electron chi connectivity index (χ2n) is 3.70. The summed E-state index contributed by atoms with van der Waals surface area (Å²) in [7, 11) is 0. The van der Waals surface area contributed by atoms with E-state index in [1.54, 1.807) is 0 Å². The molecule has 68 valence electrons. The number of nitrogens with two attached hydrogens (primary N) is 1. The fourth-order valence-corrected chi connectivity index (χ4v) is 1.56. The third-order valence-corrected chi connectivity index (χ3v) is 2.50. The molecule has 1 unspecified atom stereocenters. The Balaban J connectivity index is 3.36. The van der Waals surface area contributed by atoms with Crippen molar-refractivity contribution in [2.24, 2.45) is 17.6 Å². The van der Waals surface area contributed by atoms with E-state index in [1.165, 1.54) is 25.7 Å². The molecule has 1 heteroatoms. The van der Waals surface area contributed by atoms with Gasteiger partial charge in [-0.2, -0.15) is 0 Å². The molecule has 0 aromatic rings. The highest BCUT2D eigenvalue weighted by Gasteiger charge is 2.09. The van der Waals surface area contributed by atoms with Crippen molar-refractivity contribution in [3.05, 3.63) is 0 Å². The summed E-state index contributed by atoms with van der Waals surface area (Å²) < 4.78 is 0. The average Bonchev–Trinajstić information content (AvgIpc) is 1.97. The molecule has 2 N–H and O–H groups in total. The number of hydrogen-bond acceptors (Lipinski definition) is 1. The van der Waals surface area contributed by atoms with E-state index in [-0.39, 0.29) is 0 Å². The van der Waals surface area contributed by atoms with Crippen molar-refractivity contribution >= 4 is 0 Å². The molecule has 1 nitrogen and oxygen atoms in total. The molecule has 0 bridgehead atoms. The van der Waals surface area contributed by atoms with Gasteiger partial charge in [-0.05, 0) is 24.8 Å². The number of rotatable bonds is 6. The molecule has 0 fully saturated rings. The van der Waals surface area contributed by atoms with Gasteiger partial charge in [0.15, 0.2) is 0 Å². The van der Waals surface area contributed by atoms with Gasteiger partial charge in [-0.3, -0.25) is 0 Å². The maximum Gasteiger partial charge on any atom is -0.00773 e. The minimum Gasteiger partial charge on any atom is -0.330 e. The molecule has 0 amide bonds. The van der Waals surface area contributed by atoms with Crippen molar-refractivity contribution in [2.75, 3.05) is 6.54 Å². The van der Waals surface area contributed by atoms with E-state index < -0.39 is 0 Å². The maximum absolute atomic E-state index is 5.43. The van der Waals surface area contributed by atoms with Gasteiger partial charge < -0.3 is 5.73 Å². The van der Waals surface area contributed by atoms with Crippen LogP contribution in [0.15, 0.2) is 0 Å². The van der Waals surface area contributed by atoms with Gasteiger partial charge in [0.25, 0.3) is 0 Å². The molecule has 0 aliphatic carbocycles. The first-order valence-corrected chi connectivity index (χ1v) is 4.92. The van der Waals surface area contributed by atoms with Crippen LogP contribution in [0.1, 0.15) is 46.5 Å². The van der Waals surface area contributed by atoms with Crippen LogP contribution in [0.25, 0.3) is 0 Å². The van der Waals surface area contributed by atoms with Crippen LogP contribution >= 0.6 is 0 Å². The molecular formula is C10H23N. The Morgan fingerprint density at radius 2 is 1.82 bits per heavy atom. The molecule has 0 rings (SSSR count). The van der Waals surface area contributed by atoms with E-state index >= 15 is 0 Å². The normalized spacial score (nSPS) is 13.9. The monoisotopic (exact) mass is 157 g/mol. The zero-order valence-electron chi connectivity index (χ0n) is 8.27. The third kappa shape index (κ3) is 5.25. The Morgan fingerprint density at radius 3 is 2.18 bits per heavy atom. The van der Waals surface area contributed by atoms with Gasteiger partial charge in [-0.15, -0.1) is 0 Å². The zero-order valence-corrected chi connectivity index (χ0v) is 8.27. The van der Waals surface area contributed by atoms with Crippen LogP contribution in [0.4, 0.5) is 0 Å². The molecule has 0 aliphatic rings. The highest BCUT2D eigenvalue weighted by atomic mass is 14.5. The highest BCUT2D eigenvalue weighted by molar-refractivity contribution is 4.61. The Kier molecular flexibility index (Phi) is 6.63. The second-order valence-corrected chi connectivity index (χ2v) is 3.70. The van der Waals surface area contributed by atoms with Crippen molar-refractivity contribution in [2.45, 2.75) is 46.5 Å². The Bertz CT molecular complexity index is 78.9. The summed E-state index contributed by atoms with van der Waals surface area (Å²) in [6.45, 7) is 7.77. The standard InChI is InChI=1S/C10H23N/c1-4-10(9(2)3)7-5-6-8-11/h9-10H,4-8,11H2,1-3H3. The van der Waals surface area contributed by atoms with Crippen LogP contribution in [-0.4, -0.2) is 6.54 Å². The van der Waals surface area contributed by atoms with Crippen LogP contribution in [0.3, 0.4) is 0 Å². The fraction of sp³-hybridized carbons (Fsp3) is 1.00. The molecule has 0 heterocycles. The minimum atomic E-state index is 0.845. The van der Waals surface area contributed by atoms with Crippen LogP contribution in [0.2, 0.25) is 0 Å². The summed E-state index contributed by atoms with van der Waals surface area (Å²) in [4.78, 5) is 0. The molecule has 0 saturated carbocycles. The average molecular weight is 157 g/mol. The van der Waals surface area contributed by atoms with Crippen molar-refractivity contribution < 1.29 is 0 Å². The predicted molar refractivity (Wildman–Crippen MR) is 51.5 cm³/mol. The predicted octanol–water partition coefficient (Wildman–Crippen LogP) is 2.80. The van der Waals surface area contributed by atoms with Gasteiger partial charge in [-0.1, -0.05) is 40.0 Å². The molecule has 0 saturated heterocycles. The molecule has 1 atom stereocenters. The maximum atomic E-state index is 5.43. The molecule has 0 radical (unpaired) electrons. The Morgan fingerprint density at radius 1 is 1.18 bits per heavy atom. The van der Waals surface area contributed by atoms with E-state index in [9.17, 15) is 0 Å². The van der Waals surface area contributed by atoms with Gasteiger partial charge >= 0.3 is 0 Å². The second kappa shape index (κ2) is 6.66. The van der Waals surface area contributed by atoms with E-state index in [1.807, 2.05) is 0 Å². The third-order valence-electron chi connectivity index (χ3n) is 2.50. The Labute approximate surface area is 71.4 Å². The summed E-state index contributed by atoms with van der Waals surface area (Å²) in [5.74, 6) is 1.76. The molecule has 0 spiro atoms. The molecule has 0 aliphatic heterocycles. The van der Waals surface area contributed by atoms with Crippen LogP contribution < -0.4 is 5.73 Å². The molecule has 0 aromatic carbocycles. The van der Waals surface area contributed by atoms with Crippen molar-refractivity contribution in [3.8, 4) is 0 Å². The van der Waals surface area contributed by atoms with Gasteiger partial charge in [0.05, 0.1) is 0 Å². The molecule has 11 heavy (non-hydrogen) atoms. The van der Waals surface area contributed by atoms with Crippen molar-refractivity contribution in [1.29, 1.82) is 0 Å². The first kappa shape index (κ1) is 11.0. The van der Waals surface area contributed by atoms with Crippen LogP contribution in [-0.2, 0) is 0 Å². The van der Waals surface area contributed by atoms with Crippen molar-refractivity contribution in [3.63, 3.8) is 0 Å². The first-order valence-electron chi connectivity index (χ1n) is 4.92. The van der Waals surface area contributed by atoms with E-state index in [0.29, 0.717) is 0 Å². The SMILES string of the molecule is CCC(CCCCN)C(C)C. The summed E-state index contributed by atoms with van der Waals surface area (Å²) in [6.07, 6.45) is 5.20. The lowest BCUT2D eigenvalue weighted by molar-refractivity contribution is 0.338. The van der Waals surface area contributed by atoms with Crippen LogP contribution in [0.5, 0.6) is 0 Å². The Hall–Kier alpha value is -0.0400. The summed E-state index contributed by atoms with van der Waals surface area (Å²) in [5.41, 5.74) is 5.43. The quantitative estimate of drug-likeness (QED) is 0.589. The van der Waals surface area contributed by atoms with E-state index in [0.717, 1.165) is 18.4 Å². The van der Waals surface area contributed by atoms with Crippen molar-refractivity contribution in [1.82, 2.24) is 0 Å². The lowest BCUT2D eigenvalue weighted by atomic mass is 9.88. The minimum absolute atomic E-state index is 0.845. The number of hydrogen-bond donors (Lipinski definition) is 1. The van der Waals surface area contributed by atoms with Gasteiger partial charge in [0.1, 0.15) is 0 Å². The van der Waals surface area contributed by atoms with Gasteiger partial charge in [-0.25, -0.2) is 0 Å². The largest absolute Gasteiger partial charge is 0.330 e. The topological polar surface area (TPSA) is 26.0 Å². The molecular weight excluding hydrogens is 134 g/mol. The van der Waals surface area contributed by atoms with E-state index in [4.69, 9.17) is 5.73 Å². The van der Waals surface area contributed by atoms with Gasteiger partial charge in [0.2, 0.25) is 0 Å². The highest BCUT2D eigenvalue weighted by Crippen LogP contribution is 2.20. The van der Waals surface area contributed by atoms with E-state index in [2.05, 4.69) is 20.8 Å². The summed E-state index contributed by atoms with van der Waals surface area (Å²) in [5, 5.41) is 0. The lowest BCUT2D eigenvalue weighted by Crippen LogP contribution is -2.08. The van der Waals surface area contributed by atoms with Crippen LogP contribution in [0, 0.1) is 11.8 Å². The smallest absolute Gasteiger partial charge is 0.00773 e. The summed E-state index contributed by atoms with van der Waals surface area (Å²) >= 11 is 0. The first-order chi connectivity index (χ1) is 5.22. The number of unbranched alkanes of at least 4 members (excludes halogenated alkanes) is 1. The molecule has 0 aromatic heterocycles.